The Morgan fingerprint density at radius 2 is 1.90 bits per heavy atom. The summed E-state index contributed by atoms with van der Waals surface area (Å²) < 4.78 is 0. The molecule has 1 aliphatic carbocycles. The van der Waals surface area contributed by atoms with Gasteiger partial charge in [-0.05, 0) is 42.9 Å². The Kier molecular flexibility index (Phi) is 5.60. The van der Waals surface area contributed by atoms with E-state index in [1.54, 1.807) is 12.4 Å². The van der Waals surface area contributed by atoms with Gasteiger partial charge in [0.05, 0.1) is 17.6 Å². The van der Waals surface area contributed by atoms with Gasteiger partial charge >= 0.3 is 5.97 Å². The third-order valence-electron chi connectivity index (χ3n) is 6.49. The molecule has 0 aromatic carbocycles. The van der Waals surface area contributed by atoms with Gasteiger partial charge < -0.3 is 20.4 Å². The first-order valence-electron chi connectivity index (χ1n) is 10.5. The van der Waals surface area contributed by atoms with Gasteiger partial charge in [-0.25, -0.2) is 0 Å². The second kappa shape index (κ2) is 8.18. The van der Waals surface area contributed by atoms with Crippen LogP contribution in [0.15, 0.2) is 30.6 Å². The van der Waals surface area contributed by atoms with Crippen molar-refractivity contribution >= 4 is 28.6 Å². The number of aromatic nitrogens is 2. The van der Waals surface area contributed by atoms with Crippen LogP contribution in [-0.4, -0.2) is 57.3 Å². The Hall–Kier alpha value is -2.74. The summed E-state index contributed by atoms with van der Waals surface area (Å²) in [5.41, 5.74) is 1.05. The fourth-order valence-corrected chi connectivity index (χ4v) is 4.96. The summed E-state index contributed by atoms with van der Waals surface area (Å²) in [6.45, 7) is 1.20. The topological polar surface area (TPSA) is 116 Å². The van der Waals surface area contributed by atoms with Crippen molar-refractivity contribution < 1.29 is 19.8 Å². The summed E-state index contributed by atoms with van der Waals surface area (Å²) in [7, 11) is 0. The van der Waals surface area contributed by atoms with Crippen molar-refractivity contribution in [3.63, 3.8) is 0 Å². The van der Waals surface area contributed by atoms with Gasteiger partial charge in [0.25, 0.3) is 0 Å². The molecular formula is C22H28N4O4. The van der Waals surface area contributed by atoms with Crippen LogP contribution in [0.2, 0.25) is 0 Å². The lowest BCUT2D eigenvalue weighted by Gasteiger charge is -2.28. The number of fused-ring (bicyclic) bond motifs is 1. The van der Waals surface area contributed by atoms with Gasteiger partial charge in [-0.2, -0.15) is 0 Å². The second-order valence-electron chi connectivity index (χ2n) is 8.83. The fraction of sp³-hybridized carbons (Fsp3) is 0.545. The summed E-state index contributed by atoms with van der Waals surface area (Å²) in [6.07, 6.45) is 7.71. The van der Waals surface area contributed by atoms with Gasteiger partial charge in [-0.1, -0.05) is 12.8 Å². The Balaban J connectivity index is 1.37. The number of anilines is 1. The summed E-state index contributed by atoms with van der Waals surface area (Å²) in [5, 5.41) is 23.1. The van der Waals surface area contributed by atoms with Crippen molar-refractivity contribution in [3.05, 3.63) is 30.6 Å². The number of aliphatic hydroxyl groups is 1. The van der Waals surface area contributed by atoms with Crippen LogP contribution < -0.4 is 10.2 Å². The highest BCUT2D eigenvalue weighted by molar-refractivity contribution is 5.87. The molecule has 1 atom stereocenters. The fourth-order valence-electron chi connectivity index (χ4n) is 4.96. The van der Waals surface area contributed by atoms with E-state index < -0.39 is 17.0 Å². The van der Waals surface area contributed by atoms with Crippen molar-refractivity contribution in [2.45, 2.75) is 50.5 Å². The number of carboxylic acid groups (broad SMARTS) is 1. The van der Waals surface area contributed by atoms with Crippen LogP contribution in [0.1, 0.15) is 44.9 Å². The number of amides is 1. The van der Waals surface area contributed by atoms with Crippen LogP contribution >= 0.6 is 0 Å². The number of rotatable bonds is 7. The van der Waals surface area contributed by atoms with Crippen LogP contribution in [-0.2, 0) is 9.59 Å². The zero-order valence-corrected chi connectivity index (χ0v) is 17.0. The van der Waals surface area contributed by atoms with Gasteiger partial charge in [0.2, 0.25) is 5.91 Å². The van der Waals surface area contributed by atoms with Crippen molar-refractivity contribution in [2.24, 2.45) is 5.41 Å². The van der Waals surface area contributed by atoms with Crippen molar-refractivity contribution in [1.82, 2.24) is 15.3 Å². The molecule has 8 nitrogen and oxygen atoms in total. The molecule has 1 unspecified atom stereocenters. The summed E-state index contributed by atoms with van der Waals surface area (Å²) in [6, 6.07) is 5.65. The lowest BCUT2D eigenvalue weighted by atomic mass is 9.79. The standard InChI is InChI=1S/C22H28N4O4/c27-18(12-21(13-19(28)29)6-1-2-7-21)25-14-22(30)8-11-26(15-22)17-5-10-23-16-4-3-9-24-20(16)17/h3-5,9-10,30H,1-2,6-8,11-15H2,(H,25,27)(H,28,29). The number of hydrogen-bond donors (Lipinski definition) is 3. The maximum atomic E-state index is 12.6. The minimum absolute atomic E-state index is 0.0284. The highest BCUT2D eigenvalue weighted by Gasteiger charge is 2.40. The molecule has 1 aliphatic heterocycles. The molecule has 8 heteroatoms. The van der Waals surface area contributed by atoms with Gasteiger partial charge in [-0.3, -0.25) is 19.6 Å². The monoisotopic (exact) mass is 412 g/mol. The molecule has 0 spiro atoms. The quantitative estimate of drug-likeness (QED) is 0.638. The van der Waals surface area contributed by atoms with E-state index in [2.05, 4.69) is 20.2 Å². The molecule has 2 aromatic rings. The molecule has 3 heterocycles. The molecule has 1 saturated heterocycles. The number of carbonyl (C=O) groups is 2. The molecule has 160 valence electrons. The van der Waals surface area contributed by atoms with E-state index in [1.807, 2.05) is 18.2 Å². The Labute approximate surface area is 175 Å². The van der Waals surface area contributed by atoms with E-state index in [-0.39, 0.29) is 25.3 Å². The van der Waals surface area contributed by atoms with Gasteiger partial charge in [0, 0.05) is 38.4 Å². The molecule has 4 rings (SSSR count). The molecule has 2 aliphatic rings. The van der Waals surface area contributed by atoms with E-state index >= 15 is 0 Å². The van der Waals surface area contributed by atoms with Gasteiger partial charge in [-0.15, -0.1) is 0 Å². The minimum Gasteiger partial charge on any atom is -0.481 e. The van der Waals surface area contributed by atoms with Crippen molar-refractivity contribution in [1.29, 1.82) is 0 Å². The second-order valence-corrected chi connectivity index (χ2v) is 8.83. The molecule has 2 aromatic heterocycles. The predicted molar refractivity (Wildman–Crippen MR) is 112 cm³/mol. The highest BCUT2D eigenvalue weighted by atomic mass is 16.4. The Morgan fingerprint density at radius 3 is 2.67 bits per heavy atom. The highest BCUT2D eigenvalue weighted by Crippen LogP contribution is 2.44. The van der Waals surface area contributed by atoms with E-state index in [0.717, 1.165) is 42.4 Å². The number of aliphatic carboxylic acids is 1. The first-order valence-corrected chi connectivity index (χ1v) is 10.5. The third kappa shape index (κ3) is 4.38. The predicted octanol–water partition coefficient (Wildman–Crippen LogP) is 2.11. The van der Waals surface area contributed by atoms with Crippen LogP contribution in [0.5, 0.6) is 0 Å². The van der Waals surface area contributed by atoms with Gasteiger partial charge in [0.1, 0.15) is 11.1 Å². The van der Waals surface area contributed by atoms with Crippen LogP contribution in [0.25, 0.3) is 11.0 Å². The largest absolute Gasteiger partial charge is 0.481 e. The van der Waals surface area contributed by atoms with E-state index in [4.69, 9.17) is 0 Å². The third-order valence-corrected chi connectivity index (χ3v) is 6.49. The zero-order chi connectivity index (χ0) is 21.2. The molecule has 30 heavy (non-hydrogen) atoms. The first-order chi connectivity index (χ1) is 14.4. The average molecular weight is 412 g/mol. The maximum absolute atomic E-state index is 12.6. The lowest BCUT2D eigenvalue weighted by Crippen LogP contribution is -2.46. The molecule has 2 fully saturated rings. The molecular weight excluding hydrogens is 384 g/mol. The number of carbonyl (C=O) groups excluding carboxylic acids is 1. The number of nitrogens with zero attached hydrogens (tertiary/aromatic N) is 3. The van der Waals surface area contributed by atoms with Gasteiger partial charge in [0.15, 0.2) is 0 Å². The number of carboxylic acids is 1. The lowest BCUT2D eigenvalue weighted by molar-refractivity contribution is -0.140. The zero-order valence-electron chi connectivity index (χ0n) is 17.0. The van der Waals surface area contributed by atoms with Crippen LogP contribution in [0.4, 0.5) is 5.69 Å². The molecule has 1 amide bonds. The summed E-state index contributed by atoms with van der Waals surface area (Å²) in [4.78, 5) is 34.6. The number of hydrogen-bond acceptors (Lipinski definition) is 6. The Morgan fingerprint density at radius 1 is 1.10 bits per heavy atom. The normalized spacial score (nSPS) is 23.0. The van der Waals surface area contributed by atoms with E-state index in [0.29, 0.717) is 19.5 Å². The SMILES string of the molecule is O=C(O)CC1(CC(=O)NCC2(O)CCN(c3ccnc4cccnc34)C2)CCCC1. The van der Waals surface area contributed by atoms with Crippen LogP contribution in [0.3, 0.4) is 0 Å². The summed E-state index contributed by atoms with van der Waals surface area (Å²) >= 11 is 0. The number of β-amino-alcohol motifs (C(OH)–C–C–N with tert-alkyl or cyclic N) is 1. The van der Waals surface area contributed by atoms with Crippen molar-refractivity contribution in [2.75, 3.05) is 24.5 Å². The molecule has 1 saturated carbocycles. The van der Waals surface area contributed by atoms with E-state index in [9.17, 15) is 19.8 Å². The minimum atomic E-state index is -1.03. The van der Waals surface area contributed by atoms with E-state index in [1.165, 1.54) is 0 Å². The number of pyridine rings is 2. The average Bonchev–Trinajstić information content (AvgIpc) is 3.33. The molecule has 3 N–H and O–H groups in total. The molecule has 0 radical (unpaired) electrons. The Bertz CT molecular complexity index is 938. The van der Waals surface area contributed by atoms with Crippen molar-refractivity contribution in [3.8, 4) is 0 Å². The number of nitrogens with one attached hydrogen (secondary N) is 1. The molecule has 0 bridgehead atoms. The van der Waals surface area contributed by atoms with Crippen LogP contribution in [0, 0.1) is 5.41 Å². The smallest absolute Gasteiger partial charge is 0.303 e. The maximum Gasteiger partial charge on any atom is 0.303 e. The summed E-state index contributed by atoms with van der Waals surface area (Å²) in [5.74, 6) is -1.03. The first kappa shape index (κ1) is 20.5.